The zero-order valence-electron chi connectivity index (χ0n) is 15.3. The van der Waals surface area contributed by atoms with E-state index in [0.717, 1.165) is 5.56 Å². The largest absolute Gasteiger partial charge is 0.497 e. The van der Waals surface area contributed by atoms with Crippen molar-refractivity contribution in [3.63, 3.8) is 0 Å². The van der Waals surface area contributed by atoms with E-state index < -0.39 is 0 Å². The van der Waals surface area contributed by atoms with E-state index >= 15 is 0 Å². The quantitative estimate of drug-likeness (QED) is 0.565. The molecule has 0 radical (unpaired) electrons. The lowest BCUT2D eigenvalue weighted by Crippen LogP contribution is -2.12. The average Bonchev–Trinajstić information content (AvgIpc) is 3.17. The summed E-state index contributed by atoms with van der Waals surface area (Å²) >= 11 is 11.9. The zero-order chi connectivity index (χ0) is 20.1. The summed E-state index contributed by atoms with van der Waals surface area (Å²) in [6.45, 7) is 0. The van der Waals surface area contributed by atoms with E-state index in [1.54, 1.807) is 44.7 Å². The van der Waals surface area contributed by atoms with Crippen molar-refractivity contribution in [2.45, 2.75) is 12.8 Å². The minimum Gasteiger partial charge on any atom is -0.497 e. The lowest BCUT2D eigenvalue weighted by atomic mass is 10.1. The normalized spacial score (nSPS) is 10.6. The summed E-state index contributed by atoms with van der Waals surface area (Å²) in [7, 11) is 3.16. The summed E-state index contributed by atoms with van der Waals surface area (Å²) in [5, 5.41) is 3.63. The number of nitrogens with one attached hydrogen (secondary N) is 1. The fraction of sp³-hybridized carbons (Fsp3) is 0.200. The van der Waals surface area contributed by atoms with Crippen molar-refractivity contribution in [3.8, 4) is 22.8 Å². The number of aromatic nitrogens is 1. The van der Waals surface area contributed by atoms with Gasteiger partial charge in [-0.2, -0.15) is 0 Å². The van der Waals surface area contributed by atoms with Crippen LogP contribution in [0.15, 0.2) is 47.0 Å². The Morgan fingerprint density at radius 1 is 1.14 bits per heavy atom. The lowest BCUT2D eigenvalue weighted by Gasteiger charge is -2.08. The summed E-state index contributed by atoms with van der Waals surface area (Å²) in [5.41, 5.74) is 1.26. The molecule has 8 heteroatoms. The monoisotopic (exact) mass is 420 g/mol. The first-order chi connectivity index (χ1) is 13.5. The molecular weight excluding hydrogens is 403 g/mol. The minimum absolute atomic E-state index is 0.193. The van der Waals surface area contributed by atoms with Crippen molar-refractivity contribution >= 4 is 34.8 Å². The van der Waals surface area contributed by atoms with Crippen LogP contribution < -0.4 is 14.8 Å². The number of aryl methyl sites for hydroxylation is 1. The molecule has 0 spiro atoms. The highest BCUT2D eigenvalue weighted by Crippen LogP contribution is 2.33. The van der Waals surface area contributed by atoms with Gasteiger partial charge in [-0.05, 0) is 30.3 Å². The van der Waals surface area contributed by atoms with Crippen molar-refractivity contribution in [1.29, 1.82) is 0 Å². The molecule has 0 aliphatic heterocycles. The van der Waals surface area contributed by atoms with Crippen LogP contribution in [0.3, 0.4) is 0 Å². The third-order valence-corrected chi connectivity index (χ3v) is 4.55. The van der Waals surface area contributed by atoms with E-state index in [2.05, 4.69) is 10.3 Å². The van der Waals surface area contributed by atoms with Crippen LogP contribution in [0.1, 0.15) is 12.3 Å². The van der Waals surface area contributed by atoms with Gasteiger partial charge in [-0.15, -0.1) is 0 Å². The summed E-state index contributed by atoms with van der Waals surface area (Å²) in [6, 6.07) is 10.3. The Labute approximate surface area is 172 Å². The van der Waals surface area contributed by atoms with E-state index in [1.807, 2.05) is 12.1 Å². The standard InChI is InChI=1S/C20H18Cl2N2O4/c1-26-13-4-5-14(17(10-13)27-2)18-11-23-20(28-18)8-7-19(25)24-16-6-3-12(21)9-15(16)22/h3-6,9-11H,7-8H2,1-2H3,(H,24,25). The molecule has 6 nitrogen and oxygen atoms in total. The van der Waals surface area contributed by atoms with Crippen LogP contribution in [0, 0.1) is 0 Å². The van der Waals surface area contributed by atoms with Gasteiger partial charge in [0, 0.05) is 23.9 Å². The Kier molecular flexibility index (Phi) is 6.44. The van der Waals surface area contributed by atoms with E-state index in [9.17, 15) is 4.79 Å². The Bertz CT molecular complexity index is 988. The second-order valence-electron chi connectivity index (χ2n) is 5.86. The maximum atomic E-state index is 12.2. The highest BCUT2D eigenvalue weighted by atomic mass is 35.5. The van der Waals surface area contributed by atoms with Gasteiger partial charge in [0.05, 0.1) is 36.7 Å². The predicted octanol–water partition coefficient (Wildman–Crippen LogP) is 5.24. The number of methoxy groups -OCH3 is 2. The number of nitrogens with zero attached hydrogens (tertiary/aromatic N) is 1. The average molecular weight is 421 g/mol. The Morgan fingerprint density at radius 2 is 1.96 bits per heavy atom. The third-order valence-electron chi connectivity index (χ3n) is 4.00. The fourth-order valence-corrected chi connectivity index (χ4v) is 3.03. The Morgan fingerprint density at radius 3 is 2.68 bits per heavy atom. The first-order valence-corrected chi connectivity index (χ1v) is 9.17. The Balaban J connectivity index is 1.64. The van der Waals surface area contributed by atoms with Crippen LogP contribution in [0.25, 0.3) is 11.3 Å². The number of amides is 1. The number of ether oxygens (including phenoxy) is 2. The first-order valence-electron chi connectivity index (χ1n) is 8.42. The SMILES string of the molecule is COc1ccc(-c2cnc(CCC(=O)Nc3ccc(Cl)cc3Cl)o2)c(OC)c1. The number of oxazole rings is 1. The van der Waals surface area contributed by atoms with Gasteiger partial charge >= 0.3 is 0 Å². The number of carbonyl (C=O) groups is 1. The molecule has 0 saturated heterocycles. The number of rotatable bonds is 7. The molecule has 0 atom stereocenters. The molecule has 3 aromatic rings. The number of benzene rings is 2. The molecule has 0 fully saturated rings. The van der Waals surface area contributed by atoms with Gasteiger partial charge in [0.1, 0.15) is 11.5 Å². The van der Waals surface area contributed by atoms with Crippen LogP contribution in [0.2, 0.25) is 10.0 Å². The molecule has 0 unspecified atom stereocenters. The van der Waals surface area contributed by atoms with Gasteiger partial charge in [-0.25, -0.2) is 4.98 Å². The summed E-state index contributed by atoms with van der Waals surface area (Å²) in [5.74, 6) is 2.09. The van der Waals surface area contributed by atoms with Crippen molar-refractivity contribution in [1.82, 2.24) is 4.98 Å². The van der Waals surface area contributed by atoms with Crippen molar-refractivity contribution in [3.05, 3.63) is 58.5 Å². The van der Waals surface area contributed by atoms with E-state index in [-0.39, 0.29) is 12.3 Å². The maximum absolute atomic E-state index is 12.2. The molecule has 3 rings (SSSR count). The zero-order valence-corrected chi connectivity index (χ0v) is 16.8. The molecular formula is C20H18Cl2N2O4. The number of hydrogen-bond acceptors (Lipinski definition) is 5. The van der Waals surface area contributed by atoms with E-state index in [1.165, 1.54) is 0 Å². The van der Waals surface area contributed by atoms with Gasteiger partial charge in [-0.1, -0.05) is 23.2 Å². The van der Waals surface area contributed by atoms with Crippen LogP contribution in [-0.4, -0.2) is 25.1 Å². The topological polar surface area (TPSA) is 73.6 Å². The minimum atomic E-state index is -0.203. The number of hydrogen-bond donors (Lipinski definition) is 1. The molecule has 1 N–H and O–H groups in total. The predicted molar refractivity (Wildman–Crippen MR) is 108 cm³/mol. The Hall–Kier alpha value is -2.70. The second kappa shape index (κ2) is 8.99. The highest BCUT2D eigenvalue weighted by molar-refractivity contribution is 6.36. The third kappa shape index (κ3) is 4.77. The van der Waals surface area contributed by atoms with Crippen LogP contribution in [0.5, 0.6) is 11.5 Å². The maximum Gasteiger partial charge on any atom is 0.224 e. The summed E-state index contributed by atoms with van der Waals surface area (Å²) in [4.78, 5) is 16.4. The highest BCUT2D eigenvalue weighted by Gasteiger charge is 2.14. The van der Waals surface area contributed by atoms with Gasteiger partial charge in [0.15, 0.2) is 11.7 Å². The molecule has 1 heterocycles. The molecule has 146 valence electrons. The first kappa shape index (κ1) is 20.0. The smallest absolute Gasteiger partial charge is 0.224 e. The van der Waals surface area contributed by atoms with E-state index in [0.29, 0.717) is 45.3 Å². The molecule has 0 bridgehead atoms. The van der Waals surface area contributed by atoms with Gasteiger partial charge in [0.25, 0.3) is 0 Å². The fourth-order valence-electron chi connectivity index (χ4n) is 2.58. The second-order valence-corrected chi connectivity index (χ2v) is 6.70. The molecule has 1 amide bonds. The van der Waals surface area contributed by atoms with Crippen molar-refractivity contribution in [2.75, 3.05) is 19.5 Å². The number of anilines is 1. The number of carbonyl (C=O) groups excluding carboxylic acids is 1. The molecule has 0 aliphatic carbocycles. The molecule has 0 saturated carbocycles. The van der Waals surface area contributed by atoms with Crippen LogP contribution >= 0.6 is 23.2 Å². The molecule has 2 aromatic carbocycles. The van der Waals surface area contributed by atoms with Crippen molar-refractivity contribution < 1.29 is 18.7 Å². The van der Waals surface area contributed by atoms with Crippen molar-refractivity contribution in [2.24, 2.45) is 0 Å². The summed E-state index contributed by atoms with van der Waals surface area (Å²) in [6.07, 6.45) is 2.14. The van der Waals surface area contributed by atoms with Gasteiger partial charge in [0.2, 0.25) is 5.91 Å². The van der Waals surface area contributed by atoms with Crippen LogP contribution in [-0.2, 0) is 11.2 Å². The van der Waals surface area contributed by atoms with E-state index in [4.69, 9.17) is 37.1 Å². The molecule has 0 aliphatic rings. The number of halogens is 2. The molecule has 28 heavy (non-hydrogen) atoms. The van der Waals surface area contributed by atoms with Gasteiger partial charge in [-0.3, -0.25) is 4.79 Å². The van der Waals surface area contributed by atoms with Crippen LogP contribution in [0.4, 0.5) is 5.69 Å². The van der Waals surface area contributed by atoms with Gasteiger partial charge < -0.3 is 19.2 Å². The lowest BCUT2D eigenvalue weighted by molar-refractivity contribution is -0.116. The molecule has 1 aromatic heterocycles. The summed E-state index contributed by atoms with van der Waals surface area (Å²) < 4.78 is 16.3.